The number of phenols is 1. The maximum absolute atomic E-state index is 11.9. The van der Waals surface area contributed by atoms with E-state index in [0.29, 0.717) is 54.6 Å². The van der Waals surface area contributed by atoms with Gasteiger partial charge in [0.05, 0.1) is 44.5 Å². The van der Waals surface area contributed by atoms with Gasteiger partial charge in [0, 0.05) is 28.3 Å². The summed E-state index contributed by atoms with van der Waals surface area (Å²) in [5.41, 5.74) is 7.35. The van der Waals surface area contributed by atoms with Crippen molar-refractivity contribution in [3.63, 3.8) is 0 Å². The summed E-state index contributed by atoms with van der Waals surface area (Å²) in [7, 11) is 5.80. The fourth-order valence-corrected chi connectivity index (χ4v) is 7.97. The van der Waals surface area contributed by atoms with Crippen molar-refractivity contribution >= 4 is 0 Å². The first-order chi connectivity index (χ1) is 24.7. The third-order valence-corrected chi connectivity index (χ3v) is 10.2. The van der Waals surface area contributed by atoms with Gasteiger partial charge < -0.3 is 33.7 Å². The van der Waals surface area contributed by atoms with Gasteiger partial charge in [0.15, 0.2) is 23.0 Å². The number of phenolic OH excluding ortho intramolecular Hbond substituents is 1. The van der Waals surface area contributed by atoms with Crippen LogP contribution in [0.5, 0.6) is 28.7 Å². The Kier molecular flexibility index (Phi) is 11.1. The van der Waals surface area contributed by atoms with Crippen LogP contribution in [0.4, 0.5) is 0 Å². The molecular weight excluding hydrogens is 642 g/mol. The Balaban J connectivity index is 1.54. The fraction of sp³-hybridized carbons (Fsp3) is 0.405. The van der Waals surface area contributed by atoms with Crippen molar-refractivity contribution in [1.29, 1.82) is 5.26 Å². The zero-order valence-corrected chi connectivity index (χ0v) is 30.7. The molecule has 9 nitrogen and oxygen atoms in total. The Morgan fingerprint density at radius 1 is 0.941 bits per heavy atom. The Bertz CT molecular complexity index is 1870. The molecule has 2 aliphatic rings. The number of methoxy groups -OCH3 is 1. The molecule has 4 aromatic rings. The van der Waals surface area contributed by atoms with E-state index in [9.17, 15) is 10.4 Å². The second-order valence-corrected chi connectivity index (χ2v) is 13.7. The number of nitriles is 1. The van der Waals surface area contributed by atoms with E-state index in [1.807, 2.05) is 81.4 Å². The predicted molar refractivity (Wildman–Crippen MR) is 196 cm³/mol. The van der Waals surface area contributed by atoms with Crippen LogP contribution in [0.1, 0.15) is 69.9 Å². The first-order valence-corrected chi connectivity index (χ1v) is 17.6. The van der Waals surface area contributed by atoms with Crippen LogP contribution in [-0.4, -0.2) is 61.6 Å². The summed E-state index contributed by atoms with van der Waals surface area (Å²) >= 11 is 0. The molecule has 0 radical (unpaired) electrons. The first kappa shape index (κ1) is 36.1. The van der Waals surface area contributed by atoms with Gasteiger partial charge in [-0.25, -0.2) is 0 Å². The molecule has 0 aromatic heterocycles. The van der Waals surface area contributed by atoms with E-state index >= 15 is 0 Å². The number of ether oxygens (including phenoxy) is 5. The number of rotatable bonds is 13. The molecule has 0 unspecified atom stereocenters. The van der Waals surface area contributed by atoms with Gasteiger partial charge in [0.1, 0.15) is 12.4 Å². The second-order valence-electron chi connectivity index (χ2n) is 13.7. The molecule has 0 saturated carbocycles. The molecule has 2 heterocycles. The minimum absolute atomic E-state index is 0.0628. The van der Waals surface area contributed by atoms with E-state index in [2.05, 4.69) is 43.0 Å². The lowest BCUT2D eigenvalue weighted by Gasteiger charge is -2.50. The van der Waals surface area contributed by atoms with E-state index in [1.54, 1.807) is 7.11 Å². The third kappa shape index (κ3) is 6.96. The Hall–Kier alpha value is -4.75. The van der Waals surface area contributed by atoms with Crippen LogP contribution in [0.2, 0.25) is 0 Å². The lowest BCUT2D eigenvalue weighted by atomic mass is 9.78. The topological polar surface area (TPSA) is 96.7 Å². The van der Waals surface area contributed by atoms with Gasteiger partial charge in [-0.05, 0) is 70.0 Å². The van der Waals surface area contributed by atoms with Gasteiger partial charge >= 0.3 is 0 Å². The summed E-state index contributed by atoms with van der Waals surface area (Å²) in [6.07, 6.45) is 1.03. The number of aromatic hydroxyl groups is 1. The third-order valence-electron chi connectivity index (χ3n) is 10.2. The van der Waals surface area contributed by atoms with Crippen LogP contribution in [0, 0.1) is 32.1 Å². The van der Waals surface area contributed by atoms with Crippen molar-refractivity contribution < 1.29 is 28.8 Å². The Morgan fingerprint density at radius 2 is 1.59 bits per heavy atom. The molecule has 0 fully saturated rings. The molecule has 4 aromatic carbocycles. The van der Waals surface area contributed by atoms with Gasteiger partial charge in [-0.2, -0.15) is 5.26 Å². The van der Waals surface area contributed by atoms with Gasteiger partial charge in [-0.3, -0.25) is 4.90 Å². The minimum Gasteiger partial charge on any atom is -0.507 e. The summed E-state index contributed by atoms with van der Waals surface area (Å²) in [5.74, 6) is 2.71. The van der Waals surface area contributed by atoms with E-state index < -0.39 is 12.1 Å². The van der Waals surface area contributed by atoms with Crippen LogP contribution < -0.4 is 18.9 Å². The summed E-state index contributed by atoms with van der Waals surface area (Å²) < 4.78 is 31.4. The minimum atomic E-state index is -0.473. The number of aryl methyl sites for hydroxylation is 2. The average Bonchev–Trinajstić information content (AvgIpc) is 3.63. The molecule has 0 aliphatic carbocycles. The zero-order valence-electron chi connectivity index (χ0n) is 30.7. The lowest BCUT2D eigenvalue weighted by Crippen LogP contribution is -2.55. The number of fused-ring (bicyclic) bond motifs is 3. The highest BCUT2D eigenvalue weighted by atomic mass is 16.7. The molecule has 0 saturated heterocycles. The van der Waals surface area contributed by atoms with E-state index in [-0.39, 0.29) is 31.2 Å². The highest BCUT2D eigenvalue weighted by Crippen LogP contribution is 2.55. The molecule has 9 heteroatoms. The van der Waals surface area contributed by atoms with E-state index in [0.717, 1.165) is 38.9 Å². The molecule has 0 amide bonds. The maximum Gasteiger partial charge on any atom is 0.231 e. The molecule has 2 aliphatic heterocycles. The molecular formula is C42H49N3O6. The van der Waals surface area contributed by atoms with E-state index in [4.69, 9.17) is 23.7 Å². The number of likely N-dealkylation sites (N-methyl/N-ethyl adjacent to an activating group) is 1. The molecule has 1 N–H and O–H groups in total. The van der Waals surface area contributed by atoms with Crippen LogP contribution >= 0.6 is 0 Å². The summed E-state index contributed by atoms with van der Waals surface area (Å²) in [6.45, 7) is 9.13. The van der Waals surface area contributed by atoms with Crippen LogP contribution in [0.3, 0.4) is 0 Å². The molecule has 268 valence electrons. The molecule has 51 heavy (non-hydrogen) atoms. The quantitative estimate of drug-likeness (QED) is 0.151. The molecule has 6 rings (SSSR count). The zero-order chi connectivity index (χ0) is 36.2. The average molecular weight is 692 g/mol. The Morgan fingerprint density at radius 3 is 2.20 bits per heavy atom. The molecule has 4 atom stereocenters. The van der Waals surface area contributed by atoms with Gasteiger partial charge in [-0.1, -0.05) is 73.7 Å². The SMILES string of the molecule is CC[C@H](C#N)N1[C@@H](COCc2ccccc2)c2c(c(O)c(C)c3c2OCO3)C[C@H]1[C@H](c1c(C)cc(C)c(OC)c1OCc1ccccc1)N(C)C. The number of hydrogen-bond acceptors (Lipinski definition) is 9. The van der Waals surface area contributed by atoms with Gasteiger partial charge in [0.2, 0.25) is 6.79 Å². The molecule has 0 bridgehead atoms. The van der Waals surface area contributed by atoms with Crippen LogP contribution in [0.25, 0.3) is 0 Å². The fourth-order valence-electron chi connectivity index (χ4n) is 7.97. The van der Waals surface area contributed by atoms with Crippen molar-refractivity contribution in [2.75, 3.05) is 34.6 Å². The summed E-state index contributed by atoms with van der Waals surface area (Å²) in [4.78, 5) is 4.49. The van der Waals surface area contributed by atoms with E-state index in [1.165, 1.54) is 0 Å². The lowest BCUT2D eigenvalue weighted by molar-refractivity contribution is -0.0175. The second kappa shape index (κ2) is 15.6. The van der Waals surface area contributed by atoms with Crippen molar-refractivity contribution in [1.82, 2.24) is 9.80 Å². The van der Waals surface area contributed by atoms with Crippen LogP contribution in [0.15, 0.2) is 66.7 Å². The van der Waals surface area contributed by atoms with Crippen molar-refractivity contribution in [3.05, 3.63) is 111 Å². The number of benzene rings is 4. The van der Waals surface area contributed by atoms with Crippen molar-refractivity contribution in [2.24, 2.45) is 0 Å². The smallest absolute Gasteiger partial charge is 0.231 e. The number of hydrogen-bond donors (Lipinski definition) is 1. The predicted octanol–water partition coefficient (Wildman–Crippen LogP) is 7.72. The van der Waals surface area contributed by atoms with Crippen molar-refractivity contribution in [3.8, 4) is 34.8 Å². The van der Waals surface area contributed by atoms with Gasteiger partial charge in [0.25, 0.3) is 0 Å². The largest absolute Gasteiger partial charge is 0.507 e. The first-order valence-electron chi connectivity index (χ1n) is 17.6. The monoisotopic (exact) mass is 691 g/mol. The highest BCUT2D eigenvalue weighted by Gasteiger charge is 2.48. The summed E-state index contributed by atoms with van der Waals surface area (Å²) in [5, 5.41) is 22.7. The number of nitrogens with zero attached hydrogens (tertiary/aromatic N) is 3. The standard InChI is InChI=1S/C42H49N3O6/c1-8-31(21-43)45-33(37(44(5)6)35-26(2)19-27(3)39(47-7)41(35)49-23-30-17-13-10-14-18-30)20-32-36(42-40(50-25-51-42)28(4)38(32)46)34(45)24-48-22-29-15-11-9-12-16-29/h9-19,31,33-34,37,46H,8,20,22-25H2,1-7H3/t31-,33+,34+,37-/m1/s1. The summed E-state index contributed by atoms with van der Waals surface area (Å²) in [6, 6.07) is 23.4. The molecule has 0 spiro atoms. The normalized spacial score (nSPS) is 17.9. The highest BCUT2D eigenvalue weighted by molar-refractivity contribution is 5.65. The van der Waals surface area contributed by atoms with Crippen molar-refractivity contribution in [2.45, 2.75) is 77.9 Å². The van der Waals surface area contributed by atoms with Gasteiger partial charge in [-0.15, -0.1) is 0 Å². The Labute approximate surface area is 301 Å². The maximum atomic E-state index is 11.9. The van der Waals surface area contributed by atoms with Crippen LogP contribution in [-0.2, 0) is 24.4 Å².